The van der Waals surface area contributed by atoms with Gasteiger partial charge in [0.2, 0.25) is 15.9 Å². The van der Waals surface area contributed by atoms with Crippen LogP contribution >= 0.6 is 11.8 Å². The maximum atomic E-state index is 12.6. The quantitative estimate of drug-likeness (QED) is 0.314. The first-order valence-electron chi connectivity index (χ1n) is 9.66. The third-order valence-corrected chi connectivity index (χ3v) is 6.18. The van der Waals surface area contributed by atoms with Gasteiger partial charge in [-0.3, -0.25) is 14.9 Å². The summed E-state index contributed by atoms with van der Waals surface area (Å²) in [6.45, 7) is -0.173. The van der Waals surface area contributed by atoms with Crippen molar-refractivity contribution in [3.63, 3.8) is 0 Å². The number of sulfonamides is 1. The average molecular weight is 480 g/mol. The SMILES string of the molecule is CSCC[C@@H](NS(=O)(=O)/C=C/c1ccccc1)C(=O)NC[C@@H](O)c1ccc([N+](=O)[O-])cc1. The van der Waals surface area contributed by atoms with Crippen LogP contribution in [0, 0.1) is 10.1 Å². The number of rotatable bonds is 12. The molecule has 32 heavy (non-hydrogen) atoms. The van der Waals surface area contributed by atoms with Gasteiger partial charge >= 0.3 is 0 Å². The molecule has 0 aromatic heterocycles. The van der Waals surface area contributed by atoms with Crippen molar-refractivity contribution in [1.29, 1.82) is 0 Å². The molecule has 2 aromatic carbocycles. The van der Waals surface area contributed by atoms with E-state index < -0.39 is 33.0 Å². The number of hydrogen-bond donors (Lipinski definition) is 3. The Balaban J connectivity index is 2.00. The van der Waals surface area contributed by atoms with Gasteiger partial charge in [0.25, 0.3) is 5.69 Å². The number of carbonyl (C=O) groups is 1. The van der Waals surface area contributed by atoms with Crippen molar-refractivity contribution >= 4 is 39.5 Å². The summed E-state index contributed by atoms with van der Waals surface area (Å²) in [4.78, 5) is 22.8. The number of hydrogen-bond acceptors (Lipinski definition) is 7. The van der Waals surface area contributed by atoms with Crippen molar-refractivity contribution < 1.29 is 23.2 Å². The third-order valence-electron chi connectivity index (χ3n) is 4.43. The minimum absolute atomic E-state index is 0.111. The lowest BCUT2D eigenvalue weighted by atomic mass is 10.1. The van der Waals surface area contributed by atoms with Crippen LogP contribution in [0.15, 0.2) is 60.0 Å². The summed E-state index contributed by atoms with van der Waals surface area (Å²) in [6.07, 6.45) is 2.44. The van der Waals surface area contributed by atoms with E-state index in [4.69, 9.17) is 0 Å². The highest BCUT2D eigenvalue weighted by atomic mass is 32.2. The summed E-state index contributed by atoms with van der Waals surface area (Å²) in [6, 6.07) is 13.2. The van der Waals surface area contributed by atoms with E-state index in [2.05, 4.69) is 10.0 Å². The van der Waals surface area contributed by atoms with Gasteiger partial charge in [0, 0.05) is 24.1 Å². The minimum atomic E-state index is -3.89. The molecule has 3 N–H and O–H groups in total. The predicted molar refractivity (Wildman–Crippen MR) is 125 cm³/mol. The summed E-state index contributed by atoms with van der Waals surface area (Å²) < 4.78 is 27.3. The topological polar surface area (TPSA) is 139 Å². The molecule has 0 spiro atoms. The Bertz CT molecular complexity index is 1030. The normalized spacial score (nSPS) is 13.6. The summed E-state index contributed by atoms with van der Waals surface area (Å²) in [5.74, 6) is -0.0230. The van der Waals surface area contributed by atoms with Crippen LogP contribution in [0.25, 0.3) is 6.08 Å². The maximum absolute atomic E-state index is 12.6. The standard InChI is InChI=1S/C21H25N3O6S2/c1-31-13-11-19(23-32(29,30)14-12-16-5-3-2-4-6-16)21(26)22-15-20(25)17-7-9-18(10-8-17)24(27)28/h2-10,12,14,19-20,23,25H,11,13,15H2,1H3,(H,22,26)/b14-12+/t19-,20-/m1/s1. The summed E-state index contributed by atoms with van der Waals surface area (Å²) >= 11 is 1.47. The van der Waals surface area contributed by atoms with Crippen LogP contribution in [0.3, 0.4) is 0 Å². The molecule has 11 heteroatoms. The van der Waals surface area contributed by atoms with Crippen LogP contribution in [0.4, 0.5) is 5.69 Å². The number of non-ortho nitro benzene ring substituents is 1. The fraction of sp³-hybridized carbons (Fsp3) is 0.286. The zero-order valence-electron chi connectivity index (χ0n) is 17.4. The van der Waals surface area contributed by atoms with Gasteiger partial charge in [-0.25, -0.2) is 8.42 Å². The molecule has 0 aliphatic rings. The highest BCUT2D eigenvalue weighted by Gasteiger charge is 2.23. The Hall–Kier alpha value is -2.73. The number of nitro benzene ring substituents is 1. The van der Waals surface area contributed by atoms with Crippen LogP contribution < -0.4 is 10.0 Å². The number of nitro groups is 1. The predicted octanol–water partition coefficient (Wildman–Crippen LogP) is 2.46. The molecule has 0 unspecified atom stereocenters. The Morgan fingerprint density at radius 3 is 2.44 bits per heavy atom. The summed E-state index contributed by atoms with van der Waals surface area (Å²) in [5.41, 5.74) is 0.984. The number of thioether (sulfide) groups is 1. The second-order valence-corrected chi connectivity index (χ2v) is 9.40. The second-order valence-electron chi connectivity index (χ2n) is 6.82. The fourth-order valence-corrected chi connectivity index (χ4v) is 4.21. The number of aliphatic hydroxyl groups excluding tert-OH is 1. The summed E-state index contributed by atoms with van der Waals surface area (Å²) in [7, 11) is -3.89. The molecule has 0 radical (unpaired) electrons. The number of benzene rings is 2. The Kier molecular flexibility index (Phi) is 9.85. The first kappa shape index (κ1) is 25.5. The fourth-order valence-electron chi connectivity index (χ4n) is 2.71. The van der Waals surface area contributed by atoms with Gasteiger partial charge in [-0.15, -0.1) is 0 Å². The molecule has 0 bridgehead atoms. The molecule has 2 rings (SSSR count). The highest BCUT2D eigenvalue weighted by molar-refractivity contribution is 7.98. The van der Waals surface area contributed by atoms with Crippen molar-refractivity contribution in [1.82, 2.24) is 10.0 Å². The van der Waals surface area contributed by atoms with Gasteiger partial charge in [0.15, 0.2) is 0 Å². The molecule has 0 aliphatic heterocycles. The zero-order valence-corrected chi connectivity index (χ0v) is 19.0. The number of nitrogens with one attached hydrogen (secondary N) is 2. The number of aliphatic hydroxyl groups is 1. The van der Waals surface area contributed by atoms with Crippen molar-refractivity contribution in [2.24, 2.45) is 0 Å². The van der Waals surface area contributed by atoms with Crippen LogP contribution in [0.2, 0.25) is 0 Å². The number of nitrogens with zero attached hydrogens (tertiary/aromatic N) is 1. The molecule has 2 atom stereocenters. The smallest absolute Gasteiger partial charge is 0.269 e. The molecular weight excluding hydrogens is 454 g/mol. The van der Waals surface area contributed by atoms with Gasteiger partial charge in [-0.1, -0.05) is 30.3 Å². The van der Waals surface area contributed by atoms with E-state index in [-0.39, 0.29) is 18.7 Å². The Morgan fingerprint density at radius 1 is 1.19 bits per heavy atom. The lowest BCUT2D eigenvalue weighted by Crippen LogP contribution is -2.47. The van der Waals surface area contributed by atoms with Crippen LogP contribution in [0.5, 0.6) is 0 Å². The first-order chi connectivity index (χ1) is 15.2. The molecule has 0 saturated heterocycles. The monoisotopic (exact) mass is 479 g/mol. The van der Waals surface area contributed by atoms with E-state index >= 15 is 0 Å². The van der Waals surface area contributed by atoms with Crippen molar-refractivity contribution in [3.05, 3.63) is 81.2 Å². The third kappa shape index (κ3) is 8.42. The van der Waals surface area contributed by atoms with Crippen LogP contribution in [0.1, 0.15) is 23.7 Å². The second kappa shape index (κ2) is 12.3. The molecule has 172 valence electrons. The molecule has 0 aliphatic carbocycles. The highest BCUT2D eigenvalue weighted by Crippen LogP contribution is 2.17. The first-order valence-corrected chi connectivity index (χ1v) is 12.6. The van der Waals surface area contributed by atoms with Gasteiger partial charge in [0.05, 0.1) is 11.0 Å². The van der Waals surface area contributed by atoms with Gasteiger partial charge in [-0.2, -0.15) is 16.5 Å². The molecule has 1 amide bonds. The molecular formula is C21H25N3O6S2. The van der Waals surface area contributed by atoms with E-state index in [0.29, 0.717) is 16.9 Å². The average Bonchev–Trinajstić information content (AvgIpc) is 2.79. The van der Waals surface area contributed by atoms with Crippen molar-refractivity contribution in [3.8, 4) is 0 Å². The van der Waals surface area contributed by atoms with Gasteiger partial charge in [0.1, 0.15) is 6.04 Å². The maximum Gasteiger partial charge on any atom is 0.269 e. The minimum Gasteiger partial charge on any atom is -0.387 e. The van der Waals surface area contributed by atoms with Crippen molar-refractivity contribution in [2.75, 3.05) is 18.6 Å². The lowest BCUT2D eigenvalue weighted by Gasteiger charge is -2.19. The number of amides is 1. The molecule has 2 aromatic rings. The van der Waals surface area contributed by atoms with E-state index in [1.807, 2.05) is 12.3 Å². The Labute approximate surface area is 191 Å². The van der Waals surface area contributed by atoms with Crippen LogP contribution in [-0.4, -0.2) is 49.0 Å². The lowest BCUT2D eigenvalue weighted by molar-refractivity contribution is -0.384. The van der Waals surface area contributed by atoms with E-state index in [0.717, 1.165) is 5.41 Å². The van der Waals surface area contributed by atoms with E-state index in [1.165, 1.54) is 42.1 Å². The van der Waals surface area contributed by atoms with Crippen LogP contribution in [-0.2, 0) is 14.8 Å². The number of carbonyl (C=O) groups excluding carboxylic acids is 1. The van der Waals surface area contributed by atoms with Gasteiger partial charge < -0.3 is 10.4 Å². The van der Waals surface area contributed by atoms with E-state index in [1.54, 1.807) is 24.3 Å². The van der Waals surface area contributed by atoms with Crippen molar-refractivity contribution in [2.45, 2.75) is 18.6 Å². The van der Waals surface area contributed by atoms with Gasteiger partial charge in [-0.05, 0) is 47.8 Å². The Morgan fingerprint density at radius 2 is 1.84 bits per heavy atom. The van der Waals surface area contributed by atoms with E-state index in [9.17, 15) is 28.4 Å². The summed E-state index contributed by atoms with van der Waals surface area (Å²) in [5, 5.41) is 24.5. The molecule has 0 heterocycles. The molecule has 0 fully saturated rings. The largest absolute Gasteiger partial charge is 0.387 e. The molecule has 0 saturated carbocycles. The molecule has 9 nitrogen and oxygen atoms in total. The zero-order chi connectivity index (χ0) is 23.6.